The summed E-state index contributed by atoms with van der Waals surface area (Å²) >= 11 is 34.8. The molecule has 11 aromatic rings. The molecule has 0 unspecified atom stereocenters. The van der Waals surface area contributed by atoms with Gasteiger partial charge in [-0.1, -0.05) is 106 Å². The molecular formula is C106H141Cl6F4N13O3. The van der Waals surface area contributed by atoms with Crippen molar-refractivity contribution in [3.8, 4) is 29.4 Å². The fourth-order valence-corrected chi connectivity index (χ4v) is 12.4. The molecule has 0 fully saturated rings. The Labute approximate surface area is 816 Å². The number of halogens is 10. The maximum absolute atomic E-state index is 12.4. The quantitative estimate of drug-likeness (QED) is 0.0241. The predicted molar refractivity (Wildman–Crippen MR) is 566 cm³/mol. The second-order valence-electron chi connectivity index (χ2n) is 33.2. The normalized spacial score (nSPS) is 10.2. The number of hydrogen-bond acceptors (Lipinski definition) is 16. The van der Waals surface area contributed by atoms with Gasteiger partial charge in [0.1, 0.15) is 23.1 Å². The van der Waals surface area contributed by atoms with Crippen LogP contribution in [0.5, 0.6) is 17.2 Å². The number of nitriles is 2. The average molecular weight is 1930 g/mol. The molecule has 0 aliphatic rings. The van der Waals surface area contributed by atoms with Crippen molar-refractivity contribution in [2.75, 3.05) is 79.8 Å². The van der Waals surface area contributed by atoms with Crippen molar-refractivity contribution in [3.63, 3.8) is 0 Å². The van der Waals surface area contributed by atoms with Crippen molar-refractivity contribution in [1.29, 1.82) is 10.5 Å². The summed E-state index contributed by atoms with van der Waals surface area (Å²) in [7, 11) is 5.01. The van der Waals surface area contributed by atoms with Crippen molar-refractivity contribution in [2.45, 2.75) is 232 Å². The molecule has 11 rings (SSSR count). The van der Waals surface area contributed by atoms with Crippen LogP contribution in [0.1, 0.15) is 175 Å². The van der Waals surface area contributed by atoms with Crippen molar-refractivity contribution in [3.05, 3.63) is 307 Å². The molecular weight excluding hydrogens is 1790 g/mol. The minimum absolute atomic E-state index is 0.124. The van der Waals surface area contributed by atoms with Gasteiger partial charge in [-0.3, -0.25) is 0 Å². The third kappa shape index (κ3) is 58.8. The van der Waals surface area contributed by atoms with E-state index in [-0.39, 0.29) is 11.9 Å². The summed E-state index contributed by atoms with van der Waals surface area (Å²) in [6, 6.07) is 83.5. The molecule has 26 heteroatoms. The lowest BCUT2D eigenvalue weighted by atomic mass is 10.1. The zero-order chi connectivity index (χ0) is 99.6. The topological polar surface area (TPSA) is 208 Å². The van der Waals surface area contributed by atoms with Crippen LogP contribution < -0.4 is 72.7 Å². The zero-order valence-electron chi connectivity index (χ0n) is 81.4. The Hall–Kier alpha value is -10.9. The molecule has 132 heavy (non-hydrogen) atoms. The van der Waals surface area contributed by atoms with Crippen LogP contribution in [0.4, 0.5) is 80.1 Å². The smallest absolute Gasteiger partial charge is 0.416 e. The largest absolute Gasteiger partial charge is 0.497 e. The van der Waals surface area contributed by atoms with E-state index in [1.54, 1.807) is 57.7 Å². The summed E-state index contributed by atoms with van der Waals surface area (Å²) in [6.45, 7) is 47.5. The summed E-state index contributed by atoms with van der Waals surface area (Å²) in [5, 5.41) is 56.8. The lowest BCUT2D eigenvalue weighted by molar-refractivity contribution is -0.137. The maximum atomic E-state index is 12.4. The zero-order valence-corrected chi connectivity index (χ0v) is 86.0. The molecule has 0 bridgehead atoms. The van der Waals surface area contributed by atoms with Crippen molar-refractivity contribution in [1.82, 2.24) is 0 Å². The van der Waals surface area contributed by atoms with Gasteiger partial charge >= 0.3 is 6.18 Å². The minimum Gasteiger partial charge on any atom is -0.497 e. The summed E-state index contributed by atoms with van der Waals surface area (Å²) < 4.78 is 64.9. The van der Waals surface area contributed by atoms with E-state index in [1.807, 2.05) is 204 Å². The second-order valence-corrected chi connectivity index (χ2v) is 35.7. The molecule has 0 saturated heterocycles. The van der Waals surface area contributed by atoms with Gasteiger partial charge in [-0.05, 0) is 359 Å². The Morgan fingerprint density at radius 1 is 0.273 bits per heavy atom. The second kappa shape index (κ2) is 66.4. The van der Waals surface area contributed by atoms with Gasteiger partial charge in [0.15, 0.2) is 0 Å². The van der Waals surface area contributed by atoms with Gasteiger partial charge in [-0.15, -0.1) is 0 Å². The molecule has 0 amide bonds. The first-order valence-electron chi connectivity index (χ1n) is 43.8. The van der Waals surface area contributed by atoms with E-state index >= 15 is 0 Å². The molecule has 0 radical (unpaired) electrons. The third-order valence-electron chi connectivity index (χ3n) is 16.1. The van der Waals surface area contributed by atoms with Crippen molar-refractivity contribution >= 4 is 132 Å². The van der Waals surface area contributed by atoms with E-state index in [4.69, 9.17) is 94.3 Å². The molecule has 0 atom stereocenters. The highest BCUT2D eigenvalue weighted by Crippen LogP contribution is 2.34. The van der Waals surface area contributed by atoms with Crippen LogP contribution in [0.3, 0.4) is 0 Å². The number of nitrogens with one attached hydrogen (secondary N) is 11. The van der Waals surface area contributed by atoms with Crippen molar-refractivity contribution < 1.29 is 31.8 Å². The molecule has 0 saturated carbocycles. The van der Waals surface area contributed by atoms with Gasteiger partial charge in [0.05, 0.1) is 60.9 Å². The van der Waals surface area contributed by atoms with E-state index in [2.05, 4.69) is 207 Å². The Bertz CT molecular complexity index is 4920. The number of methoxy groups -OCH3 is 3. The molecule has 0 aliphatic carbocycles. The number of rotatable bonds is 25. The van der Waals surface area contributed by atoms with E-state index < -0.39 is 11.7 Å². The number of nitrogens with zero attached hydrogens (tertiary/aromatic N) is 2. The van der Waals surface area contributed by atoms with E-state index in [1.165, 1.54) is 23.9 Å². The molecule has 11 aromatic carbocycles. The summed E-state index contributed by atoms with van der Waals surface area (Å²) in [4.78, 5) is 0. The van der Waals surface area contributed by atoms with Crippen LogP contribution in [0.25, 0.3) is 0 Å². The highest BCUT2D eigenvalue weighted by Gasteiger charge is 2.30. The van der Waals surface area contributed by atoms with Gasteiger partial charge in [0.2, 0.25) is 0 Å². The van der Waals surface area contributed by atoms with Crippen LogP contribution >= 0.6 is 69.6 Å². The highest BCUT2D eigenvalue weighted by atomic mass is 35.5. The van der Waals surface area contributed by atoms with Gasteiger partial charge in [-0.2, -0.15) is 23.7 Å². The van der Waals surface area contributed by atoms with E-state index in [0.717, 1.165) is 96.2 Å². The number of anilines is 11. The summed E-state index contributed by atoms with van der Waals surface area (Å²) in [5.41, 5.74) is 12.7. The molecule has 11 N–H and O–H groups in total. The molecule has 0 aromatic heterocycles. The van der Waals surface area contributed by atoms with E-state index in [0.29, 0.717) is 97.3 Å². The third-order valence-corrected chi connectivity index (χ3v) is 17.6. The first kappa shape index (κ1) is 119. The Morgan fingerprint density at radius 3 is 0.955 bits per heavy atom. The molecule has 718 valence electrons. The number of hydrogen-bond donors (Lipinski definition) is 11. The van der Waals surface area contributed by atoms with Gasteiger partial charge in [-0.25, -0.2) is 4.39 Å². The lowest BCUT2D eigenvalue weighted by Gasteiger charge is -2.15. The number of para-hydroxylation sites is 1. The SMILES string of the molecule is CC(C)Nc1cc(Cl)cc(Cl)c1.CC(C)Nc1ccc(C#N)cc1.CC(C)Nc1ccc(Cl)cc1.CC(C)Nc1ccc(Cl)cc1Cl.CC(C)Nc1ccc(F)cc1.CC(C)Nc1cccc(C#N)c1.CC(C)Nc1cccc(C(F)(F)F)c1.CC(C)Nc1cccc(Cl)c1.CC(C)Nc1ccccc1.COc1cc(NC(C)C)cc(OC)c1C.COc1ccc(NC(C)C)cc1. The van der Waals surface area contributed by atoms with Crippen LogP contribution in [-0.4, -0.2) is 87.8 Å². The van der Waals surface area contributed by atoms with Gasteiger partial charge in [0.25, 0.3) is 0 Å². The Morgan fingerprint density at radius 2 is 0.583 bits per heavy atom. The number of benzene rings is 11. The van der Waals surface area contributed by atoms with Gasteiger partial charge < -0.3 is 72.7 Å². The molecule has 0 aliphatic heterocycles. The lowest BCUT2D eigenvalue weighted by Crippen LogP contribution is -2.11. The number of alkyl halides is 3. The fraction of sp³-hybridized carbons (Fsp3) is 0.358. The van der Waals surface area contributed by atoms with Crippen LogP contribution in [0.2, 0.25) is 30.1 Å². The van der Waals surface area contributed by atoms with Crippen LogP contribution in [-0.2, 0) is 6.18 Å². The van der Waals surface area contributed by atoms with Gasteiger partial charge in [0, 0.05) is 166 Å². The van der Waals surface area contributed by atoms with Crippen LogP contribution in [0.15, 0.2) is 249 Å². The molecule has 0 spiro atoms. The Kier molecular flexibility index (Phi) is 59.9. The minimum atomic E-state index is -4.27. The fourth-order valence-electron chi connectivity index (χ4n) is 11.1. The van der Waals surface area contributed by atoms with E-state index in [9.17, 15) is 17.6 Å². The summed E-state index contributed by atoms with van der Waals surface area (Å²) in [5.74, 6) is 2.39. The maximum Gasteiger partial charge on any atom is 0.416 e. The monoisotopic (exact) mass is 1930 g/mol. The number of ether oxygens (including phenoxy) is 3. The highest BCUT2D eigenvalue weighted by molar-refractivity contribution is 6.36. The standard InChI is InChI=1S/C12H19NO2.C10H12F3N.2C10H12N2.C10H15NO.2C9H11Cl2N.2C9H12ClN.C9H12FN.C9H13N/c1-8(2)13-10-6-11(14-4)9(3)12(7-10)15-5;1-7(2)14-9-5-3-4-8(6-9)10(11,12)13;1-8(2)12-10-5-3-9(7-11)4-6-10;1-8(2)12-10-5-3-4-9(6-10)7-11;1-8(2)11-9-4-6-10(12-3)7-5-9;1-6(2)12-9-4-7(10)3-8(11)5-9;1-6(2)12-9-4-3-7(10)5-8(9)11;1-7(2)11-9-5-3-8(10)4-6-9;1-7(2)11-9-5-3-4-8(10)6-9;1-7(2)11-9-5-3-8(10)4-6-9;1-8(2)10-9-6-4-3-5-7-9/h6-8,13H,1-5H3;3-7,14H,1-2H3;2*3-6,8,12H,1-2H3;4-8,11H,1-3H3;2*3-6,12H,1-2H3;3*3-7,11H,1-2H3;3-8,10H,1-2H3. The first-order chi connectivity index (χ1) is 62.1. The van der Waals surface area contributed by atoms with Crippen molar-refractivity contribution in [2.24, 2.45) is 0 Å². The molecule has 16 nitrogen and oxygen atoms in total. The first-order valence-corrected chi connectivity index (χ1v) is 46.1. The Balaban J connectivity index is 0.000000727. The molecule has 0 heterocycles. The van der Waals surface area contributed by atoms with Crippen LogP contribution in [0, 0.1) is 35.4 Å². The predicted octanol–water partition coefficient (Wildman–Crippen LogP) is 32.7. The summed E-state index contributed by atoms with van der Waals surface area (Å²) in [6.07, 6.45) is -4.27. The average Bonchev–Trinajstić information content (AvgIpc) is 0.867.